The van der Waals surface area contributed by atoms with Crippen LogP contribution in [0.15, 0.2) is 35.5 Å². The van der Waals surface area contributed by atoms with E-state index < -0.39 is 10.0 Å². The van der Waals surface area contributed by atoms with Gasteiger partial charge in [-0.3, -0.25) is 4.79 Å². The number of aromatic nitrogens is 2. The predicted octanol–water partition coefficient (Wildman–Crippen LogP) is 1.39. The maximum atomic E-state index is 12.6. The van der Waals surface area contributed by atoms with Crippen molar-refractivity contribution < 1.29 is 17.9 Å². The summed E-state index contributed by atoms with van der Waals surface area (Å²) in [5, 5.41) is 2.76. The SMILES string of the molecule is CCN(CC)S(=O)(=O)c1cc(C(=O)NCc2cccnc2OC)n(C)c1. The van der Waals surface area contributed by atoms with E-state index >= 15 is 0 Å². The molecule has 2 aromatic rings. The van der Waals surface area contributed by atoms with Gasteiger partial charge in [0.2, 0.25) is 15.9 Å². The average molecular weight is 380 g/mol. The molecule has 2 heterocycles. The minimum atomic E-state index is -3.61. The quantitative estimate of drug-likeness (QED) is 0.747. The Morgan fingerprint density at radius 3 is 2.65 bits per heavy atom. The summed E-state index contributed by atoms with van der Waals surface area (Å²) in [5.74, 6) is 0.0592. The second kappa shape index (κ2) is 8.33. The molecule has 0 saturated heterocycles. The molecule has 0 atom stereocenters. The second-order valence-electron chi connectivity index (χ2n) is 5.62. The van der Waals surface area contributed by atoms with Gasteiger partial charge in [-0.1, -0.05) is 19.9 Å². The standard InChI is InChI=1S/C17H24N4O4S/c1-5-21(6-2)26(23,24)14-10-15(20(3)12-14)16(22)19-11-13-8-7-9-18-17(13)25-4/h7-10,12H,5-6,11H2,1-4H3,(H,19,22). The van der Waals surface area contributed by atoms with Gasteiger partial charge in [-0.15, -0.1) is 0 Å². The summed E-state index contributed by atoms with van der Waals surface area (Å²) >= 11 is 0. The van der Waals surface area contributed by atoms with E-state index in [1.54, 1.807) is 39.2 Å². The molecule has 1 N–H and O–H groups in total. The van der Waals surface area contributed by atoms with E-state index in [0.717, 1.165) is 5.56 Å². The van der Waals surface area contributed by atoms with Crippen molar-refractivity contribution in [1.82, 2.24) is 19.2 Å². The lowest BCUT2D eigenvalue weighted by Crippen LogP contribution is -2.30. The third-order valence-electron chi connectivity index (χ3n) is 4.04. The van der Waals surface area contributed by atoms with Gasteiger partial charge in [0, 0.05) is 44.6 Å². The number of amides is 1. The lowest BCUT2D eigenvalue weighted by molar-refractivity contribution is 0.0942. The van der Waals surface area contributed by atoms with Crippen molar-refractivity contribution in [2.45, 2.75) is 25.3 Å². The molecule has 1 amide bonds. The van der Waals surface area contributed by atoms with Crippen molar-refractivity contribution >= 4 is 15.9 Å². The largest absolute Gasteiger partial charge is 0.481 e. The Labute approximate surface area is 153 Å². The highest BCUT2D eigenvalue weighted by atomic mass is 32.2. The lowest BCUT2D eigenvalue weighted by Gasteiger charge is -2.17. The molecule has 0 unspecified atom stereocenters. The second-order valence-corrected chi connectivity index (χ2v) is 7.55. The van der Waals surface area contributed by atoms with E-state index in [1.807, 2.05) is 0 Å². The highest BCUT2D eigenvalue weighted by Crippen LogP contribution is 2.19. The third-order valence-corrected chi connectivity index (χ3v) is 6.05. The molecule has 142 valence electrons. The third kappa shape index (κ3) is 4.05. The van der Waals surface area contributed by atoms with Gasteiger partial charge in [-0.25, -0.2) is 13.4 Å². The van der Waals surface area contributed by atoms with E-state index in [4.69, 9.17) is 4.74 Å². The smallest absolute Gasteiger partial charge is 0.268 e. The van der Waals surface area contributed by atoms with Crippen molar-refractivity contribution in [2.75, 3.05) is 20.2 Å². The first-order chi connectivity index (χ1) is 12.3. The Kier molecular flexibility index (Phi) is 6.38. The summed E-state index contributed by atoms with van der Waals surface area (Å²) in [4.78, 5) is 16.7. The lowest BCUT2D eigenvalue weighted by atomic mass is 10.2. The Morgan fingerprint density at radius 2 is 2.04 bits per heavy atom. The number of rotatable bonds is 8. The van der Waals surface area contributed by atoms with Gasteiger partial charge < -0.3 is 14.6 Å². The van der Waals surface area contributed by atoms with Crippen LogP contribution in [-0.2, 0) is 23.6 Å². The average Bonchev–Trinajstić information content (AvgIpc) is 3.03. The zero-order valence-electron chi connectivity index (χ0n) is 15.4. The summed E-state index contributed by atoms with van der Waals surface area (Å²) in [7, 11) is -0.463. The molecular weight excluding hydrogens is 356 g/mol. The minimum Gasteiger partial charge on any atom is -0.481 e. The zero-order valence-corrected chi connectivity index (χ0v) is 16.2. The molecule has 0 spiro atoms. The van der Waals surface area contributed by atoms with Crippen LogP contribution in [0.3, 0.4) is 0 Å². The summed E-state index contributed by atoms with van der Waals surface area (Å²) < 4.78 is 33.2. The van der Waals surface area contributed by atoms with Crippen molar-refractivity contribution in [1.29, 1.82) is 0 Å². The van der Waals surface area contributed by atoms with Crippen molar-refractivity contribution in [3.8, 4) is 5.88 Å². The maximum absolute atomic E-state index is 12.6. The Bertz CT molecular complexity index is 873. The number of pyridine rings is 1. The number of ether oxygens (including phenoxy) is 1. The van der Waals surface area contributed by atoms with Gasteiger partial charge in [0.25, 0.3) is 5.91 Å². The van der Waals surface area contributed by atoms with E-state index in [9.17, 15) is 13.2 Å². The molecule has 0 fully saturated rings. The number of carbonyl (C=O) groups excluding carboxylic acids is 1. The summed E-state index contributed by atoms with van der Waals surface area (Å²) in [5.41, 5.74) is 0.993. The van der Waals surface area contributed by atoms with Crippen LogP contribution in [0, 0.1) is 0 Å². The molecule has 2 rings (SSSR count). The Balaban J connectivity index is 2.19. The number of sulfonamides is 1. The van der Waals surface area contributed by atoms with Gasteiger partial charge in [0.1, 0.15) is 10.6 Å². The molecule has 0 aliphatic carbocycles. The first kappa shape index (κ1) is 19.9. The monoisotopic (exact) mass is 380 g/mol. The predicted molar refractivity (Wildman–Crippen MR) is 97.5 cm³/mol. The van der Waals surface area contributed by atoms with E-state index in [-0.39, 0.29) is 23.0 Å². The highest BCUT2D eigenvalue weighted by molar-refractivity contribution is 7.89. The number of hydrogen-bond donors (Lipinski definition) is 1. The van der Waals surface area contributed by atoms with E-state index in [1.165, 1.54) is 28.2 Å². The maximum Gasteiger partial charge on any atom is 0.268 e. The molecule has 0 aliphatic rings. The summed E-state index contributed by atoms with van der Waals surface area (Å²) in [6, 6.07) is 4.94. The molecular formula is C17H24N4O4S. The molecule has 9 heteroatoms. The van der Waals surface area contributed by atoms with Crippen molar-refractivity contribution in [2.24, 2.45) is 7.05 Å². The van der Waals surface area contributed by atoms with Crippen molar-refractivity contribution in [3.05, 3.63) is 41.9 Å². The molecule has 26 heavy (non-hydrogen) atoms. The first-order valence-electron chi connectivity index (χ1n) is 8.27. The Hall–Kier alpha value is -2.39. The topological polar surface area (TPSA) is 93.5 Å². The molecule has 0 radical (unpaired) electrons. The van der Waals surface area contributed by atoms with Gasteiger partial charge in [0.05, 0.1) is 7.11 Å². The fourth-order valence-corrected chi connectivity index (χ4v) is 4.15. The number of aryl methyl sites for hydroxylation is 1. The van der Waals surface area contributed by atoms with Crippen LogP contribution in [-0.4, -0.2) is 48.4 Å². The van der Waals surface area contributed by atoms with E-state index in [2.05, 4.69) is 10.3 Å². The number of nitrogens with one attached hydrogen (secondary N) is 1. The van der Waals surface area contributed by atoms with Crippen LogP contribution in [0.4, 0.5) is 0 Å². The summed E-state index contributed by atoms with van der Waals surface area (Å²) in [6.07, 6.45) is 3.05. The molecule has 0 saturated carbocycles. The first-order valence-corrected chi connectivity index (χ1v) is 9.71. The molecule has 0 aromatic carbocycles. The van der Waals surface area contributed by atoms with Crippen LogP contribution < -0.4 is 10.1 Å². The normalized spacial score (nSPS) is 11.6. The van der Waals surface area contributed by atoms with Crippen LogP contribution in [0.2, 0.25) is 0 Å². The van der Waals surface area contributed by atoms with E-state index in [0.29, 0.717) is 19.0 Å². The van der Waals surface area contributed by atoms with Crippen molar-refractivity contribution in [3.63, 3.8) is 0 Å². The van der Waals surface area contributed by atoms with Crippen LogP contribution >= 0.6 is 0 Å². The van der Waals surface area contributed by atoms with Gasteiger partial charge >= 0.3 is 0 Å². The molecule has 0 aliphatic heterocycles. The highest BCUT2D eigenvalue weighted by Gasteiger charge is 2.25. The fraction of sp³-hybridized carbons (Fsp3) is 0.412. The number of hydrogen-bond acceptors (Lipinski definition) is 5. The van der Waals surface area contributed by atoms with Crippen LogP contribution in [0.25, 0.3) is 0 Å². The zero-order chi connectivity index (χ0) is 19.3. The van der Waals surface area contributed by atoms with Crippen LogP contribution in [0.1, 0.15) is 29.9 Å². The van der Waals surface area contributed by atoms with Gasteiger partial charge in [-0.2, -0.15) is 4.31 Å². The number of methoxy groups -OCH3 is 1. The molecule has 8 nitrogen and oxygen atoms in total. The van der Waals surface area contributed by atoms with Gasteiger partial charge in [0.15, 0.2) is 0 Å². The molecule has 2 aromatic heterocycles. The number of nitrogens with zero attached hydrogens (tertiary/aromatic N) is 3. The summed E-state index contributed by atoms with van der Waals surface area (Å²) in [6.45, 7) is 4.52. The van der Waals surface area contributed by atoms with Crippen LogP contribution in [0.5, 0.6) is 5.88 Å². The minimum absolute atomic E-state index is 0.104. The van der Waals surface area contributed by atoms with Gasteiger partial charge in [-0.05, 0) is 12.1 Å². The molecule has 0 bridgehead atoms. The Morgan fingerprint density at radius 1 is 1.35 bits per heavy atom. The number of carbonyl (C=O) groups is 1. The fourth-order valence-electron chi connectivity index (χ4n) is 2.62.